The Kier molecular flexibility index (Phi) is 3.78. The molecule has 0 aliphatic rings. The van der Waals surface area contributed by atoms with Gasteiger partial charge < -0.3 is 10.3 Å². The van der Waals surface area contributed by atoms with Crippen LogP contribution < -0.4 is 11.3 Å². The van der Waals surface area contributed by atoms with Crippen molar-refractivity contribution in [3.05, 3.63) is 80.4 Å². The number of pyridine rings is 2. The molecule has 1 amide bonds. The topological polar surface area (TPSA) is 121 Å². The van der Waals surface area contributed by atoms with E-state index >= 15 is 0 Å². The lowest BCUT2D eigenvalue weighted by molar-refractivity contribution is -0.385. The molecule has 8 nitrogen and oxygen atoms in total. The van der Waals surface area contributed by atoms with Gasteiger partial charge in [-0.15, -0.1) is 0 Å². The van der Waals surface area contributed by atoms with E-state index in [4.69, 9.17) is 5.73 Å². The third kappa shape index (κ3) is 2.72. The van der Waals surface area contributed by atoms with E-state index in [1.807, 2.05) is 12.1 Å². The number of nitrogens with two attached hydrogens (primary N) is 1. The highest BCUT2D eigenvalue weighted by molar-refractivity contribution is 5.93. The van der Waals surface area contributed by atoms with Crippen molar-refractivity contribution in [1.29, 1.82) is 0 Å². The van der Waals surface area contributed by atoms with Crippen molar-refractivity contribution < 1.29 is 9.72 Å². The second-order valence-corrected chi connectivity index (χ2v) is 5.16. The summed E-state index contributed by atoms with van der Waals surface area (Å²) in [5.74, 6) is -1.01. The monoisotopic (exact) mass is 324 g/mol. The summed E-state index contributed by atoms with van der Waals surface area (Å²) in [5, 5.41) is 11.9. The van der Waals surface area contributed by atoms with Crippen LogP contribution in [0, 0.1) is 10.1 Å². The van der Waals surface area contributed by atoms with Gasteiger partial charge in [-0.3, -0.25) is 24.7 Å². The Hall–Kier alpha value is -3.55. The Morgan fingerprint density at radius 2 is 2.04 bits per heavy atom. The highest BCUT2D eigenvalue weighted by atomic mass is 16.6. The SMILES string of the molecule is NC(=O)c1cc([N+](=O)[O-])cn(Cc2cccc3cccnc23)c1=O. The predicted octanol–water partition coefficient (Wildman–Crippen LogP) is 1.45. The van der Waals surface area contributed by atoms with Crippen molar-refractivity contribution in [3.63, 3.8) is 0 Å². The zero-order valence-electron chi connectivity index (χ0n) is 12.4. The van der Waals surface area contributed by atoms with Gasteiger partial charge >= 0.3 is 0 Å². The van der Waals surface area contributed by atoms with Crippen molar-refractivity contribution in [2.24, 2.45) is 5.73 Å². The molecular weight excluding hydrogens is 312 g/mol. The van der Waals surface area contributed by atoms with Crippen LogP contribution in [0.2, 0.25) is 0 Å². The van der Waals surface area contributed by atoms with Crippen LogP contribution in [0.4, 0.5) is 5.69 Å². The highest BCUT2D eigenvalue weighted by Crippen LogP contribution is 2.18. The first kappa shape index (κ1) is 15.3. The molecule has 0 aliphatic carbocycles. The molecule has 3 rings (SSSR count). The smallest absolute Gasteiger partial charge is 0.286 e. The van der Waals surface area contributed by atoms with E-state index in [9.17, 15) is 19.7 Å². The largest absolute Gasteiger partial charge is 0.365 e. The molecule has 0 atom stereocenters. The summed E-state index contributed by atoms with van der Waals surface area (Å²) in [4.78, 5) is 38.4. The summed E-state index contributed by atoms with van der Waals surface area (Å²) in [7, 11) is 0. The number of carbonyl (C=O) groups excluding carboxylic acids is 1. The normalized spacial score (nSPS) is 10.7. The molecule has 0 saturated heterocycles. The minimum absolute atomic E-state index is 0.0369. The van der Waals surface area contributed by atoms with Gasteiger partial charge in [-0.1, -0.05) is 24.3 Å². The molecule has 2 N–H and O–H groups in total. The van der Waals surface area contributed by atoms with Gasteiger partial charge in [0, 0.05) is 17.6 Å². The molecule has 0 fully saturated rings. The molecule has 8 heteroatoms. The number of amides is 1. The second-order valence-electron chi connectivity index (χ2n) is 5.16. The fourth-order valence-electron chi connectivity index (χ4n) is 2.49. The number of nitrogens with zero attached hydrogens (tertiary/aromatic N) is 3. The van der Waals surface area contributed by atoms with Gasteiger partial charge in [-0.2, -0.15) is 0 Å². The lowest BCUT2D eigenvalue weighted by Gasteiger charge is -2.09. The fourth-order valence-corrected chi connectivity index (χ4v) is 2.49. The van der Waals surface area contributed by atoms with Crippen molar-refractivity contribution in [1.82, 2.24) is 9.55 Å². The Balaban J connectivity index is 2.17. The Bertz CT molecular complexity index is 1020. The molecule has 2 aromatic heterocycles. The van der Waals surface area contributed by atoms with E-state index in [2.05, 4.69) is 4.98 Å². The van der Waals surface area contributed by atoms with Gasteiger partial charge in [-0.25, -0.2) is 0 Å². The summed E-state index contributed by atoms with van der Waals surface area (Å²) < 4.78 is 1.10. The van der Waals surface area contributed by atoms with Crippen molar-refractivity contribution in [2.45, 2.75) is 6.54 Å². The summed E-state index contributed by atoms with van der Waals surface area (Å²) in [6, 6.07) is 9.99. The summed E-state index contributed by atoms with van der Waals surface area (Å²) in [6.45, 7) is 0.0369. The molecule has 0 unspecified atom stereocenters. The molecule has 0 radical (unpaired) electrons. The maximum absolute atomic E-state index is 12.3. The van der Waals surface area contributed by atoms with Crippen LogP contribution in [0.1, 0.15) is 15.9 Å². The average Bonchev–Trinajstić information content (AvgIpc) is 2.56. The van der Waals surface area contributed by atoms with Gasteiger partial charge in [0.05, 0.1) is 23.2 Å². The van der Waals surface area contributed by atoms with Crippen LogP contribution in [-0.2, 0) is 6.54 Å². The summed E-state index contributed by atoms with van der Waals surface area (Å²) >= 11 is 0. The van der Waals surface area contributed by atoms with E-state index in [0.29, 0.717) is 11.1 Å². The molecule has 0 bridgehead atoms. The maximum atomic E-state index is 12.3. The lowest BCUT2D eigenvalue weighted by Crippen LogP contribution is -2.30. The van der Waals surface area contributed by atoms with Crippen molar-refractivity contribution >= 4 is 22.5 Å². The number of fused-ring (bicyclic) bond motifs is 1. The number of carbonyl (C=O) groups is 1. The minimum atomic E-state index is -1.01. The van der Waals surface area contributed by atoms with Gasteiger partial charge in [0.2, 0.25) is 0 Å². The average molecular weight is 324 g/mol. The summed E-state index contributed by atoms with van der Waals surface area (Å²) in [6.07, 6.45) is 2.72. The number of benzene rings is 1. The van der Waals surface area contributed by atoms with Crippen LogP contribution in [0.15, 0.2) is 53.6 Å². The van der Waals surface area contributed by atoms with E-state index in [-0.39, 0.29) is 12.2 Å². The second kappa shape index (κ2) is 5.92. The first-order valence-corrected chi connectivity index (χ1v) is 6.98. The van der Waals surface area contributed by atoms with Crippen LogP contribution in [0.3, 0.4) is 0 Å². The van der Waals surface area contributed by atoms with Gasteiger partial charge in [0.15, 0.2) is 0 Å². The number of para-hydroxylation sites is 1. The Morgan fingerprint density at radius 1 is 1.29 bits per heavy atom. The number of rotatable bonds is 4. The van der Waals surface area contributed by atoms with E-state index in [1.54, 1.807) is 24.4 Å². The number of hydrogen-bond acceptors (Lipinski definition) is 5. The van der Waals surface area contributed by atoms with Crippen LogP contribution in [-0.4, -0.2) is 20.4 Å². The summed E-state index contributed by atoms with van der Waals surface area (Å²) in [5.41, 5.74) is 5.05. The molecule has 1 aromatic carbocycles. The van der Waals surface area contributed by atoms with E-state index in [1.165, 1.54) is 0 Å². The maximum Gasteiger partial charge on any atom is 0.286 e. The van der Waals surface area contributed by atoms with Crippen LogP contribution >= 0.6 is 0 Å². The standard InChI is InChI=1S/C16H12N4O4/c17-15(21)13-7-12(20(23)24)9-19(16(13)22)8-11-4-1-3-10-5-2-6-18-14(10)11/h1-7,9H,8H2,(H2,17,21). The van der Waals surface area contributed by atoms with Crippen LogP contribution in [0.25, 0.3) is 10.9 Å². The molecule has 2 heterocycles. The zero-order valence-corrected chi connectivity index (χ0v) is 12.4. The Morgan fingerprint density at radius 3 is 2.75 bits per heavy atom. The van der Waals surface area contributed by atoms with E-state index < -0.39 is 22.0 Å². The molecule has 0 spiro atoms. The Labute approximate surface area is 135 Å². The highest BCUT2D eigenvalue weighted by Gasteiger charge is 2.18. The minimum Gasteiger partial charge on any atom is -0.365 e. The third-order valence-electron chi connectivity index (χ3n) is 3.60. The first-order chi connectivity index (χ1) is 11.5. The molecule has 24 heavy (non-hydrogen) atoms. The molecule has 120 valence electrons. The van der Waals surface area contributed by atoms with Gasteiger partial charge in [-0.05, 0) is 11.6 Å². The molecule has 0 aliphatic heterocycles. The molecule has 3 aromatic rings. The predicted molar refractivity (Wildman–Crippen MR) is 86.7 cm³/mol. The zero-order chi connectivity index (χ0) is 17.3. The van der Waals surface area contributed by atoms with Crippen molar-refractivity contribution in [3.8, 4) is 0 Å². The number of aromatic nitrogens is 2. The van der Waals surface area contributed by atoms with Gasteiger partial charge in [0.1, 0.15) is 5.56 Å². The number of hydrogen-bond donors (Lipinski definition) is 1. The molecule has 0 saturated carbocycles. The lowest BCUT2D eigenvalue weighted by atomic mass is 10.1. The van der Waals surface area contributed by atoms with Crippen molar-refractivity contribution in [2.75, 3.05) is 0 Å². The first-order valence-electron chi connectivity index (χ1n) is 6.98. The quantitative estimate of drug-likeness (QED) is 0.575. The van der Waals surface area contributed by atoms with Gasteiger partial charge in [0.25, 0.3) is 17.2 Å². The molecular formula is C16H12N4O4. The van der Waals surface area contributed by atoms with Crippen LogP contribution in [0.5, 0.6) is 0 Å². The number of nitro groups is 1. The fraction of sp³-hybridized carbons (Fsp3) is 0.0625. The third-order valence-corrected chi connectivity index (χ3v) is 3.60. The number of primary amides is 1. The van der Waals surface area contributed by atoms with E-state index in [0.717, 1.165) is 22.2 Å².